The van der Waals surface area contributed by atoms with Crippen molar-refractivity contribution in [1.82, 2.24) is 0 Å². The van der Waals surface area contributed by atoms with Crippen molar-refractivity contribution in [2.24, 2.45) is 5.73 Å². The molecule has 0 aliphatic rings. The van der Waals surface area contributed by atoms with Crippen LogP contribution in [0.1, 0.15) is 19.8 Å². The first-order valence-corrected chi connectivity index (χ1v) is 7.06. The Morgan fingerprint density at radius 3 is 2.67 bits per heavy atom. The molecule has 0 aliphatic carbocycles. The maximum Gasteiger partial charge on any atom is 0.0572 e. The Morgan fingerprint density at radius 2 is 2.13 bits per heavy atom. The topological polar surface area (TPSA) is 43.1 Å². The third-order valence-corrected chi connectivity index (χ3v) is 5.22. The SMILES string of the molecule is CCC(CCN)S(=O)c1ccccc1Br. The van der Waals surface area contributed by atoms with Crippen molar-refractivity contribution >= 4 is 26.7 Å². The lowest BCUT2D eigenvalue weighted by molar-refractivity contribution is 0.650. The number of nitrogens with two attached hydrogens (primary N) is 1. The molecule has 0 heterocycles. The molecule has 84 valence electrons. The van der Waals surface area contributed by atoms with Gasteiger partial charge in [-0.25, -0.2) is 0 Å². The molecule has 0 aromatic heterocycles. The molecule has 0 bridgehead atoms. The molecule has 1 aromatic carbocycles. The second kappa shape index (κ2) is 6.40. The van der Waals surface area contributed by atoms with Gasteiger partial charge in [0.1, 0.15) is 0 Å². The molecule has 0 spiro atoms. The van der Waals surface area contributed by atoms with Crippen LogP contribution in [-0.2, 0) is 10.8 Å². The fraction of sp³-hybridized carbons (Fsp3) is 0.455. The molecule has 2 N–H and O–H groups in total. The highest BCUT2D eigenvalue weighted by atomic mass is 79.9. The third kappa shape index (κ3) is 3.40. The zero-order valence-corrected chi connectivity index (χ0v) is 11.2. The van der Waals surface area contributed by atoms with Crippen LogP contribution in [0.25, 0.3) is 0 Å². The van der Waals surface area contributed by atoms with Crippen molar-refractivity contribution in [2.75, 3.05) is 6.54 Å². The van der Waals surface area contributed by atoms with Gasteiger partial charge in [0.15, 0.2) is 0 Å². The van der Waals surface area contributed by atoms with Gasteiger partial charge in [-0.15, -0.1) is 0 Å². The summed E-state index contributed by atoms with van der Waals surface area (Å²) in [6, 6.07) is 7.66. The summed E-state index contributed by atoms with van der Waals surface area (Å²) in [5.41, 5.74) is 5.51. The van der Waals surface area contributed by atoms with Crippen LogP contribution in [0.5, 0.6) is 0 Å². The van der Waals surface area contributed by atoms with E-state index in [1.54, 1.807) is 0 Å². The molecule has 1 rings (SSSR count). The minimum Gasteiger partial charge on any atom is -0.330 e. The lowest BCUT2D eigenvalue weighted by atomic mass is 10.2. The second-order valence-corrected chi connectivity index (χ2v) is 5.89. The van der Waals surface area contributed by atoms with E-state index >= 15 is 0 Å². The fourth-order valence-electron chi connectivity index (χ4n) is 1.44. The molecule has 2 nitrogen and oxygen atoms in total. The van der Waals surface area contributed by atoms with E-state index in [4.69, 9.17) is 5.73 Å². The van der Waals surface area contributed by atoms with Gasteiger partial charge in [-0.2, -0.15) is 0 Å². The molecule has 15 heavy (non-hydrogen) atoms. The van der Waals surface area contributed by atoms with Crippen LogP contribution in [0, 0.1) is 0 Å². The molecule has 2 atom stereocenters. The number of halogens is 1. The highest BCUT2D eigenvalue weighted by Gasteiger charge is 2.17. The average Bonchev–Trinajstić information content (AvgIpc) is 2.25. The van der Waals surface area contributed by atoms with Gasteiger partial charge in [-0.1, -0.05) is 19.1 Å². The van der Waals surface area contributed by atoms with Crippen LogP contribution in [0.3, 0.4) is 0 Å². The summed E-state index contributed by atoms with van der Waals surface area (Å²) in [4.78, 5) is 0.873. The monoisotopic (exact) mass is 289 g/mol. The van der Waals surface area contributed by atoms with Crippen molar-refractivity contribution < 1.29 is 4.21 Å². The van der Waals surface area contributed by atoms with E-state index in [-0.39, 0.29) is 5.25 Å². The van der Waals surface area contributed by atoms with Gasteiger partial charge in [0.05, 0.1) is 15.7 Å². The Hall–Kier alpha value is -0.190. The Kier molecular flexibility index (Phi) is 5.50. The van der Waals surface area contributed by atoms with Crippen LogP contribution >= 0.6 is 15.9 Å². The summed E-state index contributed by atoms with van der Waals surface area (Å²) in [6.45, 7) is 2.64. The van der Waals surface area contributed by atoms with Gasteiger partial charge in [-0.05, 0) is 47.4 Å². The number of hydrogen-bond acceptors (Lipinski definition) is 2. The number of benzene rings is 1. The molecule has 1 aromatic rings. The summed E-state index contributed by atoms with van der Waals surface area (Å²) in [7, 11) is -0.960. The highest BCUT2D eigenvalue weighted by molar-refractivity contribution is 9.10. The van der Waals surface area contributed by atoms with E-state index in [1.165, 1.54) is 0 Å². The Labute approximate surface area is 102 Å². The normalized spacial score (nSPS) is 14.9. The van der Waals surface area contributed by atoms with Crippen molar-refractivity contribution in [3.63, 3.8) is 0 Å². The summed E-state index contributed by atoms with van der Waals surface area (Å²) in [5.74, 6) is 0. The van der Waals surface area contributed by atoms with E-state index in [0.717, 1.165) is 22.2 Å². The smallest absolute Gasteiger partial charge is 0.0572 e. The summed E-state index contributed by atoms with van der Waals surface area (Å²) < 4.78 is 13.1. The highest BCUT2D eigenvalue weighted by Crippen LogP contribution is 2.24. The van der Waals surface area contributed by atoms with E-state index in [9.17, 15) is 4.21 Å². The predicted molar refractivity (Wildman–Crippen MR) is 68.3 cm³/mol. The van der Waals surface area contributed by atoms with Crippen LogP contribution in [0.4, 0.5) is 0 Å². The van der Waals surface area contributed by atoms with E-state index in [2.05, 4.69) is 22.9 Å². The van der Waals surface area contributed by atoms with Gasteiger partial charge in [0.25, 0.3) is 0 Å². The van der Waals surface area contributed by atoms with E-state index in [0.29, 0.717) is 6.54 Å². The summed E-state index contributed by atoms with van der Waals surface area (Å²) >= 11 is 3.42. The van der Waals surface area contributed by atoms with Crippen molar-refractivity contribution in [3.05, 3.63) is 28.7 Å². The first kappa shape index (κ1) is 12.9. The molecule has 0 saturated heterocycles. The zero-order chi connectivity index (χ0) is 11.3. The minimum atomic E-state index is -0.960. The molecule has 0 saturated carbocycles. The van der Waals surface area contributed by atoms with E-state index < -0.39 is 10.8 Å². The van der Waals surface area contributed by atoms with E-state index in [1.807, 2.05) is 24.3 Å². The number of rotatable bonds is 5. The zero-order valence-electron chi connectivity index (χ0n) is 8.78. The average molecular weight is 290 g/mol. The fourth-order valence-corrected chi connectivity index (χ4v) is 3.68. The van der Waals surface area contributed by atoms with Gasteiger partial charge >= 0.3 is 0 Å². The van der Waals surface area contributed by atoms with Gasteiger partial charge in [0.2, 0.25) is 0 Å². The molecule has 0 fully saturated rings. The van der Waals surface area contributed by atoms with Crippen LogP contribution in [0.2, 0.25) is 0 Å². The first-order valence-electron chi connectivity index (χ1n) is 5.05. The maximum absolute atomic E-state index is 12.2. The number of hydrogen-bond donors (Lipinski definition) is 1. The lowest BCUT2D eigenvalue weighted by Crippen LogP contribution is -2.19. The molecule has 0 amide bonds. The van der Waals surface area contributed by atoms with Crippen molar-refractivity contribution in [3.8, 4) is 0 Å². The van der Waals surface area contributed by atoms with Crippen LogP contribution in [-0.4, -0.2) is 16.0 Å². The second-order valence-electron chi connectivity index (χ2n) is 3.34. The third-order valence-electron chi connectivity index (χ3n) is 2.30. The predicted octanol–water partition coefficient (Wildman–Crippen LogP) is 2.68. The minimum absolute atomic E-state index is 0.161. The van der Waals surface area contributed by atoms with Gasteiger partial charge < -0.3 is 5.73 Å². The molecular weight excluding hydrogens is 274 g/mol. The van der Waals surface area contributed by atoms with Crippen LogP contribution in [0.15, 0.2) is 33.6 Å². The van der Waals surface area contributed by atoms with Crippen molar-refractivity contribution in [2.45, 2.75) is 29.9 Å². The standard InChI is InChI=1S/C11H16BrNOS/c1-2-9(7-8-13)15(14)11-6-4-3-5-10(11)12/h3-6,9H,2,7-8,13H2,1H3. The molecule has 0 aliphatic heterocycles. The van der Waals surface area contributed by atoms with Crippen LogP contribution < -0.4 is 5.73 Å². The summed E-state index contributed by atoms with van der Waals surface area (Å²) in [6.07, 6.45) is 1.70. The Morgan fingerprint density at radius 1 is 1.47 bits per heavy atom. The molecular formula is C11H16BrNOS. The quantitative estimate of drug-likeness (QED) is 0.906. The first-order chi connectivity index (χ1) is 7.20. The Bertz CT molecular complexity index is 343. The molecule has 2 unspecified atom stereocenters. The van der Waals surface area contributed by atoms with Crippen molar-refractivity contribution in [1.29, 1.82) is 0 Å². The maximum atomic E-state index is 12.2. The Balaban J connectivity index is 2.88. The lowest BCUT2D eigenvalue weighted by Gasteiger charge is -2.14. The summed E-state index contributed by atoms with van der Waals surface area (Å²) in [5, 5.41) is 0.161. The van der Waals surface area contributed by atoms with Gasteiger partial charge in [-0.3, -0.25) is 4.21 Å². The largest absolute Gasteiger partial charge is 0.330 e. The molecule has 4 heteroatoms. The molecule has 0 radical (unpaired) electrons. The van der Waals surface area contributed by atoms with Gasteiger partial charge in [0, 0.05) is 9.72 Å².